The van der Waals surface area contributed by atoms with Crippen molar-refractivity contribution >= 4 is 34.1 Å². The summed E-state index contributed by atoms with van der Waals surface area (Å²) in [5.74, 6) is 0.601. The molecular weight excluding hydrogens is 498 g/mol. The van der Waals surface area contributed by atoms with Crippen molar-refractivity contribution in [1.82, 2.24) is 19.1 Å². The number of aryl methyl sites for hydroxylation is 2. The van der Waals surface area contributed by atoms with Crippen molar-refractivity contribution in [1.29, 1.82) is 0 Å². The number of fused-ring (bicyclic) bond motifs is 1. The number of imidazole rings is 1. The molecule has 2 heterocycles. The highest BCUT2D eigenvalue weighted by atomic mass is 32.2. The highest BCUT2D eigenvalue weighted by molar-refractivity contribution is 7.74. The van der Waals surface area contributed by atoms with Crippen LogP contribution in [0.25, 0.3) is 11.2 Å². The molecule has 2 aromatic heterocycles. The Kier molecular flexibility index (Phi) is 7.99. The maximum Gasteiger partial charge on any atom is 0.357 e. The summed E-state index contributed by atoms with van der Waals surface area (Å²) in [4.78, 5) is 45.2. The summed E-state index contributed by atoms with van der Waals surface area (Å²) >= 11 is -2.41. The van der Waals surface area contributed by atoms with Gasteiger partial charge in [-0.25, -0.2) is 9.78 Å². The van der Waals surface area contributed by atoms with Crippen molar-refractivity contribution in [3.05, 3.63) is 86.3 Å². The second-order valence-corrected chi connectivity index (χ2v) is 9.12. The Morgan fingerprint density at radius 3 is 2.35 bits per heavy atom. The number of hydrogen-bond acceptors (Lipinski definition) is 6. The van der Waals surface area contributed by atoms with Gasteiger partial charge in [0.15, 0.2) is 5.65 Å². The smallest absolute Gasteiger partial charge is 0.357 e. The van der Waals surface area contributed by atoms with Gasteiger partial charge in [-0.05, 0) is 48.2 Å². The predicted octanol–water partition coefficient (Wildman–Crippen LogP) is 2.60. The van der Waals surface area contributed by atoms with Crippen LogP contribution in [0.5, 0.6) is 5.75 Å². The molecule has 1 atom stereocenters. The molecule has 1 unspecified atom stereocenters. The lowest BCUT2D eigenvalue weighted by Crippen LogP contribution is -2.40. The van der Waals surface area contributed by atoms with Crippen molar-refractivity contribution < 1.29 is 17.7 Å². The molecule has 0 radical (unpaired) electrons. The summed E-state index contributed by atoms with van der Waals surface area (Å²) in [5.41, 5.74) is 2.22. The Bertz CT molecular complexity index is 1550. The number of nitrogens with zero attached hydrogens (tertiary/aromatic N) is 3. The van der Waals surface area contributed by atoms with E-state index in [1.807, 2.05) is 19.1 Å². The number of carbonyl (C=O) groups excluding carboxylic acids is 1. The van der Waals surface area contributed by atoms with Gasteiger partial charge in [0.1, 0.15) is 17.1 Å². The third kappa shape index (κ3) is 6.22. The van der Waals surface area contributed by atoms with Crippen molar-refractivity contribution in [3.8, 4) is 5.75 Å². The number of H-pyrrole nitrogens is 1. The molecular formula is C25H27N5O6S. The highest BCUT2D eigenvalue weighted by Gasteiger charge is 2.17. The molecule has 0 aliphatic heterocycles. The van der Waals surface area contributed by atoms with Crippen LogP contribution in [0.1, 0.15) is 37.2 Å². The van der Waals surface area contributed by atoms with E-state index in [0.717, 1.165) is 11.1 Å². The number of nitrogens with one attached hydrogen (secondary N) is 2. The highest BCUT2D eigenvalue weighted by Crippen LogP contribution is 2.17. The lowest BCUT2D eigenvalue weighted by molar-refractivity contribution is -0.114. The van der Waals surface area contributed by atoms with E-state index < -0.39 is 22.6 Å². The fourth-order valence-electron chi connectivity index (χ4n) is 4.06. The van der Waals surface area contributed by atoms with Gasteiger partial charge >= 0.3 is 17.1 Å². The van der Waals surface area contributed by atoms with E-state index in [2.05, 4.69) is 15.3 Å². The molecule has 1 amide bonds. The molecule has 4 aromatic rings. The van der Waals surface area contributed by atoms with E-state index in [-0.39, 0.29) is 17.2 Å². The molecule has 0 saturated heterocycles. The van der Waals surface area contributed by atoms with Crippen LogP contribution in [0, 0.1) is 0 Å². The summed E-state index contributed by atoms with van der Waals surface area (Å²) < 4.78 is 27.1. The first kappa shape index (κ1) is 26.0. The monoisotopic (exact) mass is 525 g/mol. The number of rotatable bonds is 10. The van der Waals surface area contributed by atoms with E-state index in [1.165, 1.54) is 16.1 Å². The van der Waals surface area contributed by atoms with E-state index in [4.69, 9.17) is 8.74 Å². The third-order valence-corrected chi connectivity index (χ3v) is 6.05. The minimum atomic E-state index is -2.41. The maximum atomic E-state index is 13.2. The van der Waals surface area contributed by atoms with E-state index in [1.54, 1.807) is 36.4 Å². The van der Waals surface area contributed by atoms with Crippen LogP contribution in [0.3, 0.4) is 0 Å². The molecule has 12 heteroatoms. The van der Waals surface area contributed by atoms with Crippen LogP contribution in [0.4, 0.5) is 5.69 Å². The molecule has 0 aliphatic carbocycles. The van der Waals surface area contributed by atoms with E-state index in [0.29, 0.717) is 49.5 Å². The van der Waals surface area contributed by atoms with Gasteiger partial charge in [-0.1, -0.05) is 31.2 Å². The Balaban J connectivity index is 1.64. The number of amides is 1. The quantitative estimate of drug-likeness (QED) is 0.270. The van der Waals surface area contributed by atoms with Crippen molar-refractivity contribution in [2.45, 2.75) is 46.2 Å². The van der Waals surface area contributed by atoms with Gasteiger partial charge in [0, 0.05) is 32.1 Å². The minimum Gasteiger partial charge on any atom is -0.380 e. The first-order valence-corrected chi connectivity index (χ1v) is 12.7. The van der Waals surface area contributed by atoms with Crippen molar-refractivity contribution in [2.75, 3.05) is 5.32 Å². The van der Waals surface area contributed by atoms with Crippen molar-refractivity contribution in [2.24, 2.45) is 0 Å². The standard InChI is InChI=1S/C25H27N5O6S/c1-3-13-30-24(32)22-23(28-21(27-22)15-18-6-10-20(11-7-18)36-37(34)35)29(25(30)33)14-12-17-4-8-19(9-5-17)26-16(2)31/h4-11H,3,12-15H2,1-2H3,(H,26,31)(H,27,28)(H,34,35). The van der Waals surface area contributed by atoms with Crippen LogP contribution >= 0.6 is 0 Å². The van der Waals surface area contributed by atoms with Gasteiger partial charge in [0.25, 0.3) is 5.56 Å². The molecule has 0 bridgehead atoms. The SMILES string of the molecule is CCCn1c(=O)c2[nH]c(Cc3ccc(OS(=O)O)cc3)nc2n(CCc2ccc(NC(C)=O)cc2)c1=O. The molecule has 37 heavy (non-hydrogen) atoms. The number of benzene rings is 2. The van der Waals surface area contributed by atoms with Gasteiger partial charge in [0.2, 0.25) is 5.91 Å². The van der Waals surface area contributed by atoms with Crippen LogP contribution in [0.2, 0.25) is 0 Å². The summed E-state index contributed by atoms with van der Waals surface area (Å²) in [6.07, 6.45) is 1.50. The first-order chi connectivity index (χ1) is 17.7. The molecule has 0 saturated carbocycles. The molecule has 2 aromatic carbocycles. The number of hydrogen-bond donors (Lipinski definition) is 3. The maximum absolute atomic E-state index is 13.2. The zero-order valence-corrected chi connectivity index (χ0v) is 21.2. The van der Waals surface area contributed by atoms with Gasteiger partial charge < -0.3 is 14.5 Å². The first-order valence-electron chi connectivity index (χ1n) is 11.7. The molecule has 3 N–H and O–H groups in total. The fourth-order valence-corrected chi connectivity index (χ4v) is 4.33. The molecule has 0 spiro atoms. The van der Waals surface area contributed by atoms with Gasteiger partial charge in [-0.15, -0.1) is 0 Å². The van der Waals surface area contributed by atoms with Crippen LogP contribution in [-0.2, 0) is 42.1 Å². The largest absolute Gasteiger partial charge is 0.380 e. The Hall–Kier alpha value is -4.03. The topological polar surface area (TPSA) is 148 Å². The Labute approximate surface area is 214 Å². The molecule has 4 rings (SSSR count). The van der Waals surface area contributed by atoms with Gasteiger partial charge in [-0.2, -0.15) is 4.21 Å². The van der Waals surface area contributed by atoms with E-state index >= 15 is 0 Å². The summed E-state index contributed by atoms with van der Waals surface area (Å²) in [6, 6.07) is 13.9. The molecule has 11 nitrogen and oxygen atoms in total. The van der Waals surface area contributed by atoms with Crippen LogP contribution in [0.15, 0.2) is 58.1 Å². The average molecular weight is 526 g/mol. The zero-order valence-electron chi connectivity index (χ0n) is 20.4. The van der Waals surface area contributed by atoms with Crippen molar-refractivity contribution in [3.63, 3.8) is 0 Å². The van der Waals surface area contributed by atoms with Crippen LogP contribution < -0.4 is 20.7 Å². The lowest BCUT2D eigenvalue weighted by Gasteiger charge is -2.11. The third-order valence-electron chi connectivity index (χ3n) is 5.72. The van der Waals surface area contributed by atoms with Gasteiger partial charge in [-0.3, -0.25) is 23.3 Å². The van der Waals surface area contributed by atoms with Gasteiger partial charge in [0.05, 0.1) is 0 Å². The lowest BCUT2D eigenvalue weighted by atomic mass is 10.1. The number of aromatic amines is 1. The minimum absolute atomic E-state index is 0.153. The normalized spacial score (nSPS) is 12.0. The zero-order chi connectivity index (χ0) is 26.5. The number of anilines is 1. The molecule has 0 fully saturated rings. The molecule has 194 valence electrons. The summed E-state index contributed by atoms with van der Waals surface area (Å²) in [5, 5.41) is 2.72. The van der Waals surface area contributed by atoms with E-state index in [9.17, 15) is 18.6 Å². The Morgan fingerprint density at radius 1 is 1.05 bits per heavy atom. The fraction of sp³-hybridized carbons (Fsp3) is 0.280. The predicted molar refractivity (Wildman–Crippen MR) is 140 cm³/mol. The molecule has 0 aliphatic rings. The number of aromatic nitrogens is 4. The summed E-state index contributed by atoms with van der Waals surface area (Å²) in [6.45, 7) is 3.95. The Morgan fingerprint density at radius 2 is 1.73 bits per heavy atom. The van der Waals surface area contributed by atoms with Crippen LogP contribution in [-0.4, -0.2) is 33.8 Å². The average Bonchev–Trinajstić information content (AvgIpc) is 3.27. The second kappa shape index (κ2) is 11.4. The summed E-state index contributed by atoms with van der Waals surface area (Å²) in [7, 11) is 0. The second-order valence-electron chi connectivity index (χ2n) is 8.52. The number of carbonyl (C=O) groups is 1.